The first-order valence-corrected chi connectivity index (χ1v) is 6.47. The van der Waals surface area contributed by atoms with Gasteiger partial charge in [0.1, 0.15) is 5.01 Å². The van der Waals surface area contributed by atoms with Gasteiger partial charge in [-0.05, 0) is 38.3 Å². The van der Waals surface area contributed by atoms with E-state index in [9.17, 15) is 0 Å². The number of nitrogens with zero attached hydrogens (tertiary/aromatic N) is 2. The molecule has 0 radical (unpaired) electrons. The number of rotatable bonds is 4. The molecule has 0 aromatic carbocycles. The summed E-state index contributed by atoms with van der Waals surface area (Å²) in [5, 5.41) is 17.1. The summed E-state index contributed by atoms with van der Waals surface area (Å²) < 4.78 is 0. The van der Waals surface area contributed by atoms with Gasteiger partial charge >= 0.3 is 0 Å². The second-order valence-electron chi connectivity index (χ2n) is 3.95. The maximum Gasteiger partial charge on any atom is 0.205 e. The van der Waals surface area contributed by atoms with Crippen molar-refractivity contribution in [2.75, 3.05) is 25.0 Å². The molecule has 1 atom stereocenters. The molecular weight excluding hydrogens is 208 g/mol. The number of aromatic nitrogens is 2. The van der Waals surface area contributed by atoms with Crippen molar-refractivity contribution in [3.8, 4) is 0 Å². The zero-order valence-corrected chi connectivity index (χ0v) is 9.94. The fraction of sp³-hybridized carbons (Fsp3) is 0.800. The van der Waals surface area contributed by atoms with E-state index in [2.05, 4.69) is 27.8 Å². The molecule has 84 valence electrons. The van der Waals surface area contributed by atoms with Crippen molar-refractivity contribution in [2.24, 2.45) is 5.92 Å². The van der Waals surface area contributed by atoms with E-state index in [1.165, 1.54) is 19.4 Å². The summed E-state index contributed by atoms with van der Waals surface area (Å²) in [7, 11) is 0. The second-order valence-corrected chi connectivity index (χ2v) is 5.01. The average molecular weight is 226 g/mol. The highest BCUT2D eigenvalue weighted by atomic mass is 32.1. The van der Waals surface area contributed by atoms with Crippen molar-refractivity contribution in [1.82, 2.24) is 15.5 Å². The molecule has 2 N–H and O–H groups in total. The minimum Gasteiger partial charge on any atom is -0.360 e. The Morgan fingerprint density at radius 2 is 2.47 bits per heavy atom. The van der Waals surface area contributed by atoms with Crippen molar-refractivity contribution in [3.63, 3.8) is 0 Å². The topological polar surface area (TPSA) is 49.8 Å². The summed E-state index contributed by atoms with van der Waals surface area (Å²) in [6, 6.07) is 0. The number of piperidine rings is 1. The van der Waals surface area contributed by atoms with Gasteiger partial charge in [-0.1, -0.05) is 18.3 Å². The van der Waals surface area contributed by atoms with E-state index >= 15 is 0 Å². The van der Waals surface area contributed by atoms with Crippen LogP contribution in [0.4, 0.5) is 5.13 Å². The molecule has 0 aliphatic carbocycles. The van der Waals surface area contributed by atoms with Gasteiger partial charge in [0.15, 0.2) is 0 Å². The van der Waals surface area contributed by atoms with Crippen molar-refractivity contribution in [2.45, 2.75) is 26.2 Å². The number of hydrogen-bond donors (Lipinski definition) is 2. The zero-order valence-electron chi connectivity index (χ0n) is 9.12. The zero-order chi connectivity index (χ0) is 10.5. The van der Waals surface area contributed by atoms with Crippen LogP contribution in [0.25, 0.3) is 0 Å². The Balaban J connectivity index is 1.76. The number of anilines is 1. The highest BCUT2D eigenvalue weighted by molar-refractivity contribution is 7.15. The van der Waals surface area contributed by atoms with E-state index in [-0.39, 0.29) is 0 Å². The predicted octanol–water partition coefficient (Wildman–Crippen LogP) is 1.51. The van der Waals surface area contributed by atoms with Crippen LogP contribution in [0.5, 0.6) is 0 Å². The van der Waals surface area contributed by atoms with E-state index < -0.39 is 0 Å². The molecule has 1 saturated heterocycles. The molecule has 0 amide bonds. The lowest BCUT2D eigenvalue weighted by atomic mass is 10.00. The molecule has 1 aromatic rings. The Morgan fingerprint density at radius 1 is 1.53 bits per heavy atom. The summed E-state index contributed by atoms with van der Waals surface area (Å²) in [6.45, 7) is 5.43. The summed E-state index contributed by atoms with van der Waals surface area (Å²) in [6.07, 6.45) is 3.59. The fourth-order valence-electron chi connectivity index (χ4n) is 1.80. The third-order valence-electron chi connectivity index (χ3n) is 2.71. The molecule has 0 saturated carbocycles. The van der Waals surface area contributed by atoms with Crippen LogP contribution in [0.15, 0.2) is 0 Å². The van der Waals surface area contributed by atoms with Gasteiger partial charge in [0.05, 0.1) is 0 Å². The van der Waals surface area contributed by atoms with E-state index in [1.54, 1.807) is 11.3 Å². The molecule has 0 spiro atoms. The van der Waals surface area contributed by atoms with Crippen LogP contribution in [-0.2, 0) is 6.42 Å². The van der Waals surface area contributed by atoms with Crippen LogP contribution in [-0.4, -0.2) is 29.8 Å². The normalized spacial score (nSPS) is 21.5. The molecule has 15 heavy (non-hydrogen) atoms. The lowest BCUT2D eigenvalue weighted by Crippen LogP contribution is -2.33. The largest absolute Gasteiger partial charge is 0.360 e. The van der Waals surface area contributed by atoms with Crippen LogP contribution in [0.3, 0.4) is 0 Å². The van der Waals surface area contributed by atoms with Crippen molar-refractivity contribution < 1.29 is 0 Å². The Labute approximate surface area is 94.5 Å². The standard InChI is InChI=1S/C10H18N4S/c1-2-9-13-14-10(15-9)12-7-8-4-3-5-11-6-8/h8,11H,2-7H2,1H3,(H,12,14). The monoisotopic (exact) mass is 226 g/mol. The minimum atomic E-state index is 0.743. The lowest BCUT2D eigenvalue weighted by Gasteiger charge is -2.22. The van der Waals surface area contributed by atoms with Crippen LogP contribution >= 0.6 is 11.3 Å². The average Bonchev–Trinajstić information content (AvgIpc) is 2.76. The number of aryl methyl sites for hydroxylation is 1. The Bertz CT molecular complexity index is 293. The highest BCUT2D eigenvalue weighted by Crippen LogP contribution is 2.17. The van der Waals surface area contributed by atoms with Gasteiger partial charge in [-0.2, -0.15) is 0 Å². The van der Waals surface area contributed by atoms with Crippen molar-refractivity contribution in [3.05, 3.63) is 5.01 Å². The summed E-state index contributed by atoms with van der Waals surface area (Å²) >= 11 is 1.67. The minimum absolute atomic E-state index is 0.743. The molecular formula is C10H18N4S. The maximum absolute atomic E-state index is 4.11. The summed E-state index contributed by atoms with van der Waals surface area (Å²) in [5.74, 6) is 0.743. The third kappa shape index (κ3) is 3.14. The van der Waals surface area contributed by atoms with Gasteiger partial charge in [-0.15, -0.1) is 10.2 Å². The Kier molecular flexibility index (Phi) is 3.91. The lowest BCUT2D eigenvalue weighted by molar-refractivity contribution is 0.393. The van der Waals surface area contributed by atoms with E-state index in [0.717, 1.165) is 35.6 Å². The third-order valence-corrected chi connectivity index (χ3v) is 3.74. The van der Waals surface area contributed by atoms with Gasteiger partial charge in [0.25, 0.3) is 0 Å². The first-order chi connectivity index (χ1) is 7.38. The van der Waals surface area contributed by atoms with Gasteiger partial charge in [-0.3, -0.25) is 0 Å². The molecule has 5 heteroatoms. The maximum atomic E-state index is 4.11. The van der Waals surface area contributed by atoms with Crippen LogP contribution in [0.2, 0.25) is 0 Å². The first-order valence-electron chi connectivity index (χ1n) is 5.65. The Morgan fingerprint density at radius 3 is 3.13 bits per heavy atom. The molecule has 2 heterocycles. The van der Waals surface area contributed by atoms with E-state index in [1.807, 2.05) is 0 Å². The highest BCUT2D eigenvalue weighted by Gasteiger charge is 2.13. The van der Waals surface area contributed by atoms with Crippen LogP contribution < -0.4 is 10.6 Å². The van der Waals surface area contributed by atoms with Gasteiger partial charge in [0.2, 0.25) is 5.13 Å². The molecule has 1 aliphatic heterocycles. The molecule has 1 unspecified atom stereocenters. The number of hydrogen-bond acceptors (Lipinski definition) is 5. The second kappa shape index (κ2) is 5.42. The first kappa shape index (κ1) is 10.8. The quantitative estimate of drug-likeness (QED) is 0.817. The molecule has 1 aromatic heterocycles. The summed E-state index contributed by atoms with van der Waals surface area (Å²) in [4.78, 5) is 0. The SMILES string of the molecule is CCc1nnc(NCC2CCCNC2)s1. The Hall–Kier alpha value is -0.680. The smallest absolute Gasteiger partial charge is 0.205 e. The van der Waals surface area contributed by atoms with Crippen LogP contribution in [0.1, 0.15) is 24.8 Å². The van der Waals surface area contributed by atoms with Crippen molar-refractivity contribution in [1.29, 1.82) is 0 Å². The summed E-state index contributed by atoms with van der Waals surface area (Å²) in [5.41, 5.74) is 0. The van der Waals surface area contributed by atoms with Gasteiger partial charge in [-0.25, -0.2) is 0 Å². The fourth-order valence-corrected chi connectivity index (χ4v) is 2.48. The van der Waals surface area contributed by atoms with Crippen molar-refractivity contribution >= 4 is 16.5 Å². The molecule has 1 aliphatic rings. The van der Waals surface area contributed by atoms with Crippen LogP contribution in [0, 0.1) is 5.92 Å². The van der Waals surface area contributed by atoms with Gasteiger partial charge < -0.3 is 10.6 Å². The van der Waals surface area contributed by atoms with E-state index in [4.69, 9.17) is 0 Å². The van der Waals surface area contributed by atoms with E-state index in [0.29, 0.717) is 0 Å². The molecule has 4 nitrogen and oxygen atoms in total. The predicted molar refractivity (Wildman–Crippen MR) is 63.4 cm³/mol. The molecule has 0 bridgehead atoms. The molecule has 1 fully saturated rings. The molecule has 2 rings (SSSR count). The number of nitrogens with one attached hydrogen (secondary N) is 2. The van der Waals surface area contributed by atoms with Gasteiger partial charge in [0, 0.05) is 6.54 Å².